The van der Waals surface area contributed by atoms with Crippen LogP contribution in [-0.2, 0) is 6.42 Å². The van der Waals surface area contributed by atoms with Crippen LogP contribution in [-0.4, -0.2) is 5.11 Å². The summed E-state index contributed by atoms with van der Waals surface area (Å²) in [7, 11) is 0. The quantitative estimate of drug-likeness (QED) is 0.486. The first-order chi connectivity index (χ1) is 13.1. The van der Waals surface area contributed by atoms with Crippen molar-refractivity contribution in [1.29, 1.82) is 0 Å². The lowest BCUT2D eigenvalue weighted by Crippen LogP contribution is -1.89. The van der Waals surface area contributed by atoms with Crippen molar-refractivity contribution in [1.82, 2.24) is 0 Å². The molecule has 0 spiro atoms. The second-order valence-corrected chi connectivity index (χ2v) is 6.86. The molecule has 0 aliphatic rings. The monoisotopic (exact) mass is 354 g/mol. The predicted molar refractivity (Wildman–Crippen MR) is 117 cm³/mol. The van der Waals surface area contributed by atoms with Crippen molar-refractivity contribution < 1.29 is 5.11 Å². The van der Waals surface area contributed by atoms with Crippen LogP contribution in [0.1, 0.15) is 48.6 Å². The molecule has 0 radical (unpaired) electrons. The topological polar surface area (TPSA) is 20.2 Å². The average Bonchev–Trinajstić information content (AvgIpc) is 2.72. The molecule has 3 rings (SSSR count). The summed E-state index contributed by atoms with van der Waals surface area (Å²) < 4.78 is 0. The number of hydrogen-bond acceptors (Lipinski definition) is 1. The third kappa shape index (κ3) is 4.57. The Kier molecular flexibility index (Phi) is 5.93. The van der Waals surface area contributed by atoms with Crippen LogP contribution >= 0.6 is 0 Å². The van der Waals surface area contributed by atoms with Gasteiger partial charge in [-0.2, -0.15) is 0 Å². The molecule has 1 N–H and O–H groups in total. The van der Waals surface area contributed by atoms with E-state index in [0.29, 0.717) is 5.75 Å². The van der Waals surface area contributed by atoms with Crippen LogP contribution in [0, 0.1) is 0 Å². The number of phenolic OH excluding ortho intramolecular Hbond substituents is 1. The zero-order valence-electron chi connectivity index (χ0n) is 16.2. The highest BCUT2D eigenvalue weighted by molar-refractivity contribution is 5.87. The standard InChI is InChI=1S/C26H26O/c1-4-21-17-24(15-19(2)22-11-7-5-8-12-22)26(27)25(18-21)16-20(3)23-13-9-6-10-14-23/h5-18,27H,4H2,1-3H3. The molecule has 1 heteroatoms. The van der Waals surface area contributed by atoms with Gasteiger partial charge in [0.1, 0.15) is 5.75 Å². The van der Waals surface area contributed by atoms with E-state index in [4.69, 9.17) is 0 Å². The Morgan fingerprint density at radius 2 is 1.15 bits per heavy atom. The Balaban J connectivity index is 2.05. The van der Waals surface area contributed by atoms with Gasteiger partial charge in [0.2, 0.25) is 0 Å². The van der Waals surface area contributed by atoms with Gasteiger partial charge in [0.15, 0.2) is 0 Å². The molecule has 136 valence electrons. The number of rotatable bonds is 5. The fourth-order valence-corrected chi connectivity index (χ4v) is 3.20. The number of phenols is 1. The van der Waals surface area contributed by atoms with Crippen LogP contribution in [0.25, 0.3) is 23.3 Å². The van der Waals surface area contributed by atoms with E-state index in [1.807, 2.05) is 36.4 Å². The summed E-state index contributed by atoms with van der Waals surface area (Å²) in [4.78, 5) is 0. The van der Waals surface area contributed by atoms with Crippen LogP contribution in [0.4, 0.5) is 0 Å². The maximum Gasteiger partial charge on any atom is 0.130 e. The number of allylic oxidation sites excluding steroid dienone is 2. The van der Waals surface area contributed by atoms with Crippen molar-refractivity contribution in [2.45, 2.75) is 27.2 Å². The van der Waals surface area contributed by atoms with Gasteiger partial charge in [0.05, 0.1) is 0 Å². The fraction of sp³-hybridized carbons (Fsp3) is 0.154. The molecule has 27 heavy (non-hydrogen) atoms. The summed E-state index contributed by atoms with van der Waals surface area (Å²) >= 11 is 0. The molecular formula is C26H26O. The maximum atomic E-state index is 10.9. The Bertz CT molecular complexity index is 887. The van der Waals surface area contributed by atoms with Gasteiger partial charge in [-0.05, 0) is 72.4 Å². The Morgan fingerprint density at radius 1 is 0.741 bits per heavy atom. The molecule has 0 heterocycles. The van der Waals surface area contributed by atoms with Crippen molar-refractivity contribution in [2.75, 3.05) is 0 Å². The first-order valence-electron chi connectivity index (χ1n) is 9.42. The van der Waals surface area contributed by atoms with Gasteiger partial charge in [-0.3, -0.25) is 0 Å². The van der Waals surface area contributed by atoms with Gasteiger partial charge >= 0.3 is 0 Å². The van der Waals surface area contributed by atoms with Crippen molar-refractivity contribution in [3.05, 3.63) is 101 Å². The molecule has 0 saturated carbocycles. The smallest absolute Gasteiger partial charge is 0.130 e. The second kappa shape index (κ2) is 8.55. The van der Waals surface area contributed by atoms with Crippen LogP contribution in [0.2, 0.25) is 0 Å². The first-order valence-corrected chi connectivity index (χ1v) is 9.42. The summed E-state index contributed by atoms with van der Waals surface area (Å²) in [5.74, 6) is 0.331. The van der Waals surface area contributed by atoms with Gasteiger partial charge in [-0.1, -0.05) is 67.6 Å². The first kappa shape index (κ1) is 18.7. The Labute approximate surface area is 162 Å². The van der Waals surface area contributed by atoms with Gasteiger partial charge in [0.25, 0.3) is 0 Å². The van der Waals surface area contributed by atoms with E-state index in [2.05, 4.69) is 69.3 Å². The molecule has 3 aromatic rings. The zero-order valence-corrected chi connectivity index (χ0v) is 16.2. The minimum atomic E-state index is 0.331. The highest BCUT2D eigenvalue weighted by Crippen LogP contribution is 2.32. The van der Waals surface area contributed by atoms with Crippen LogP contribution in [0.15, 0.2) is 72.8 Å². The van der Waals surface area contributed by atoms with E-state index in [1.165, 1.54) is 5.56 Å². The van der Waals surface area contributed by atoms with Gasteiger partial charge in [-0.25, -0.2) is 0 Å². The van der Waals surface area contributed by atoms with Crippen molar-refractivity contribution in [2.24, 2.45) is 0 Å². The third-order valence-electron chi connectivity index (χ3n) is 4.84. The molecule has 1 nitrogen and oxygen atoms in total. The number of aromatic hydroxyl groups is 1. The minimum Gasteiger partial charge on any atom is -0.507 e. The molecule has 0 aliphatic carbocycles. The van der Waals surface area contributed by atoms with Crippen molar-refractivity contribution >= 4 is 23.3 Å². The molecule has 0 bridgehead atoms. The fourth-order valence-electron chi connectivity index (χ4n) is 3.20. The summed E-state index contributed by atoms with van der Waals surface area (Å²) in [6, 6.07) is 24.7. The van der Waals surface area contributed by atoms with E-state index in [9.17, 15) is 5.11 Å². The number of aryl methyl sites for hydroxylation is 1. The minimum absolute atomic E-state index is 0.331. The maximum absolute atomic E-state index is 10.9. The largest absolute Gasteiger partial charge is 0.507 e. The van der Waals surface area contributed by atoms with Gasteiger partial charge in [0, 0.05) is 11.1 Å². The lowest BCUT2D eigenvalue weighted by Gasteiger charge is -2.11. The summed E-state index contributed by atoms with van der Waals surface area (Å²) in [6.07, 6.45) is 5.06. The highest BCUT2D eigenvalue weighted by Gasteiger charge is 2.08. The molecule has 0 amide bonds. The third-order valence-corrected chi connectivity index (χ3v) is 4.84. The molecule has 3 aromatic carbocycles. The molecule has 0 fully saturated rings. The second-order valence-electron chi connectivity index (χ2n) is 6.86. The van der Waals surface area contributed by atoms with Gasteiger partial charge < -0.3 is 5.11 Å². The summed E-state index contributed by atoms with van der Waals surface area (Å²) in [5.41, 5.74) is 7.54. The van der Waals surface area contributed by atoms with E-state index in [-0.39, 0.29) is 0 Å². The molecule has 0 aromatic heterocycles. The lowest BCUT2D eigenvalue weighted by molar-refractivity contribution is 0.472. The predicted octanol–water partition coefficient (Wildman–Crippen LogP) is 7.08. The van der Waals surface area contributed by atoms with Crippen molar-refractivity contribution in [3.8, 4) is 5.75 Å². The van der Waals surface area contributed by atoms with E-state index < -0.39 is 0 Å². The Hall–Kier alpha value is -3.06. The normalized spacial score (nSPS) is 12.3. The van der Waals surface area contributed by atoms with E-state index in [1.54, 1.807) is 0 Å². The average molecular weight is 354 g/mol. The van der Waals surface area contributed by atoms with Crippen LogP contribution < -0.4 is 0 Å². The highest BCUT2D eigenvalue weighted by atomic mass is 16.3. The zero-order chi connectivity index (χ0) is 19.2. The lowest BCUT2D eigenvalue weighted by atomic mass is 9.96. The van der Waals surface area contributed by atoms with Crippen molar-refractivity contribution in [3.63, 3.8) is 0 Å². The summed E-state index contributed by atoms with van der Waals surface area (Å²) in [6.45, 7) is 6.30. The number of hydrogen-bond donors (Lipinski definition) is 1. The molecule has 0 aliphatic heterocycles. The molecule has 0 unspecified atom stereocenters. The number of benzene rings is 3. The molecular weight excluding hydrogens is 328 g/mol. The SMILES string of the molecule is CCc1cc(C=C(C)c2ccccc2)c(O)c(C=C(C)c2ccccc2)c1. The van der Waals surface area contributed by atoms with E-state index >= 15 is 0 Å². The Morgan fingerprint density at radius 3 is 1.52 bits per heavy atom. The molecule has 0 saturated heterocycles. The summed E-state index contributed by atoms with van der Waals surface area (Å²) in [5, 5.41) is 10.9. The van der Waals surface area contributed by atoms with Crippen LogP contribution in [0.3, 0.4) is 0 Å². The van der Waals surface area contributed by atoms with Crippen LogP contribution in [0.5, 0.6) is 5.75 Å². The molecule has 0 atom stereocenters. The van der Waals surface area contributed by atoms with Gasteiger partial charge in [-0.15, -0.1) is 0 Å². The van der Waals surface area contributed by atoms with E-state index in [0.717, 1.165) is 39.8 Å².